The molecule has 2 aliphatic rings. The van der Waals surface area contributed by atoms with Gasteiger partial charge < -0.3 is 15.0 Å². The number of para-hydroxylation sites is 1. The molecule has 2 N–H and O–H groups in total. The van der Waals surface area contributed by atoms with Gasteiger partial charge in [0.25, 0.3) is 11.5 Å². The molecule has 1 aromatic carbocycles. The first-order valence-electron chi connectivity index (χ1n) is 12.3. The monoisotopic (exact) mass is 504 g/mol. The fraction of sp³-hybridized carbons (Fsp3) is 0.600. The lowest BCUT2D eigenvalue weighted by Crippen LogP contribution is -2.53. The molecular weight excluding hydrogens is 468 g/mol. The van der Waals surface area contributed by atoms with Crippen LogP contribution < -0.4 is 10.9 Å². The van der Waals surface area contributed by atoms with Gasteiger partial charge in [0.05, 0.1) is 17.9 Å². The van der Waals surface area contributed by atoms with Crippen molar-refractivity contribution in [2.75, 3.05) is 26.4 Å². The van der Waals surface area contributed by atoms with Gasteiger partial charge in [-0.1, -0.05) is 18.2 Å². The van der Waals surface area contributed by atoms with Crippen LogP contribution in [0.1, 0.15) is 55.9 Å². The summed E-state index contributed by atoms with van der Waals surface area (Å²) in [5.41, 5.74) is 0.691. The topological polar surface area (TPSA) is 112 Å². The van der Waals surface area contributed by atoms with E-state index in [1.807, 2.05) is 38.1 Å². The normalized spacial score (nSPS) is 23.8. The summed E-state index contributed by atoms with van der Waals surface area (Å²) in [5.74, 6) is -0.345. The Kier molecular flexibility index (Phi) is 7.38. The van der Waals surface area contributed by atoms with Crippen LogP contribution in [0, 0.1) is 0 Å². The van der Waals surface area contributed by atoms with E-state index in [1.165, 1.54) is 11.4 Å². The number of piperidine rings is 1. The van der Waals surface area contributed by atoms with Gasteiger partial charge in [-0.25, -0.2) is 12.7 Å². The predicted octanol–water partition coefficient (Wildman–Crippen LogP) is 1.56. The molecule has 2 aromatic rings. The Labute approximate surface area is 206 Å². The van der Waals surface area contributed by atoms with Gasteiger partial charge in [-0.2, -0.15) is 0 Å². The summed E-state index contributed by atoms with van der Waals surface area (Å²) in [4.78, 5) is 28.7. The molecule has 9 nitrogen and oxygen atoms in total. The largest absolute Gasteiger partial charge is 0.390 e. The van der Waals surface area contributed by atoms with Gasteiger partial charge in [0, 0.05) is 44.3 Å². The van der Waals surface area contributed by atoms with Crippen molar-refractivity contribution in [1.29, 1.82) is 0 Å². The zero-order valence-electron chi connectivity index (χ0n) is 20.8. The number of sulfonamides is 1. The number of hydrogen-bond donors (Lipinski definition) is 2. The second-order valence-electron chi connectivity index (χ2n) is 10.3. The number of nitrogens with zero attached hydrogens (tertiary/aromatic N) is 3. The predicted molar refractivity (Wildman–Crippen MR) is 136 cm³/mol. The molecule has 35 heavy (non-hydrogen) atoms. The molecule has 0 spiro atoms. The summed E-state index contributed by atoms with van der Waals surface area (Å²) in [6, 6.07) is 9.57. The fourth-order valence-corrected chi connectivity index (χ4v) is 6.09. The molecule has 3 heterocycles. The summed E-state index contributed by atoms with van der Waals surface area (Å²) in [5, 5.41) is 14.5. The molecule has 2 fully saturated rings. The molecule has 2 bridgehead atoms. The average Bonchev–Trinajstić information content (AvgIpc) is 2.99. The van der Waals surface area contributed by atoms with Crippen LogP contribution in [-0.4, -0.2) is 83.8 Å². The first-order chi connectivity index (χ1) is 16.5. The van der Waals surface area contributed by atoms with Gasteiger partial charge in [-0.15, -0.1) is 0 Å². The highest BCUT2D eigenvalue weighted by molar-refractivity contribution is 7.88. The van der Waals surface area contributed by atoms with Crippen molar-refractivity contribution in [3.8, 4) is 0 Å². The van der Waals surface area contributed by atoms with Crippen molar-refractivity contribution >= 4 is 26.8 Å². The first kappa shape index (κ1) is 25.8. The lowest BCUT2D eigenvalue weighted by atomic mass is 9.96. The molecule has 0 aliphatic carbocycles. The molecule has 1 aromatic heterocycles. The molecule has 10 heteroatoms. The van der Waals surface area contributed by atoms with Crippen molar-refractivity contribution in [2.24, 2.45) is 0 Å². The smallest absolute Gasteiger partial charge is 0.264 e. The Hall–Kier alpha value is -2.27. The van der Waals surface area contributed by atoms with Crippen LogP contribution in [0.25, 0.3) is 10.9 Å². The van der Waals surface area contributed by atoms with Crippen molar-refractivity contribution in [1.82, 2.24) is 19.1 Å². The Balaban J connectivity index is 1.44. The lowest BCUT2D eigenvalue weighted by Gasteiger charge is -2.40. The van der Waals surface area contributed by atoms with Crippen molar-refractivity contribution in [3.63, 3.8) is 0 Å². The number of carbonyl (C=O) groups excluding carboxylic acids is 1. The average molecular weight is 505 g/mol. The Bertz CT molecular complexity index is 1240. The van der Waals surface area contributed by atoms with Crippen molar-refractivity contribution < 1.29 is 18.3 Å². The highest BCUT2D eigenvalue weighted by atomic mass is 32.2. The van der Waals surface area contributed by atoms with E-state index in [1.54, 1.807) is 10.6 Å². The third kappa shape index (κ3) is 5.45. The summed E-state index contributed by atoms with van der Waals surface area (Å²) < 4.78 is 26.1. The molecule has 192 valence electrons. The minimum absolute atomic E-state index is 0.0505. The van der Waals surface area contributed by atoms with E-state index in [0.717, 1.165) is 42.8 Å². The van der Waals surface area contributed by atoms with Crippen molar-refractivity contribution in [3.05, 3.63) is 46.2 Å². The molecule has 0 saturated carbocycles. The number of amides is 1. The molecule has 3 atom stereocenters. The summed E-state index contributed by atoms with van der Waals surface area (Å²) in [6.45, 7) is 4.33. The number of benzene rings is 1. The molecule has 2 saturated heterocycles. The van der Waals surface area contributed by atoms with E-state index in [9.17, 15) is 23.1 Å². The van der Waals surface area contributed by atoms with E-state index in [4.69, 9.17) is 0 Å². The fourth-order valence-electron chi connectivity index (χ4n) is 5.65. The summed E-state index contributed by atoms with van der Waals surface area (Å²) >= 11 is 0. The van der Waals surface area contributed by atoms with E-state index in [0.29, 0.717) is 6.54 Å². The third-order valence-corrected chi connectivity index (χ3v) is 8.66. The number of rotatable bonds is 8. The second kappa shape index (κ2) is 10.0. The number of carbonyl (C=O) groups is 1. The van der Waals surface area contributed by atoms with Crippen LogP contribution in [0.5, 0.6) is 0 Å². The van der Waals surface area contributed by atoms with Gasteiger partial charge in [0.15, 0.2) is 0 Å². The summed E-state index contributed by atoms with van der Waals surface area (Å²) in [7, 11) is -1.88. The van der Waals surface area contributed by atoms with E-state index < -0.39 is 16.1 Å². The molecule has 3 unspecified atom stereocenters. The number of fused-ring (bicyclic) bond motifs is 3. The number of pyridine rings is 1. The molecule has 0 radical (unpaired) electrons. The maximum absolute atomic E-state index is 13.2. The number of hydrogen-bond acceptors (Lipinski definition) is 6. The number of aliphatic hydroxyl groups is 1. The summed E-state index contributed by atoms with van der Waals surface area (Å²) in [6.07, 6.45) is 3.77. The number of aliphatic hydroxyl groups excluding tert-OH is 1. The molecular formula is C25H36N4O5S. The van der Waals surface area contributed by atoms with Gasteiger partial charge in [-0.05, 0) is 57.0 Å². The third-order valence-electron chi connectivity index (χ3n) is 7.38. The minimum atomic E-state index is -3.34. The maximum atomic E-state index is 13.2. The van der Waals surface area contributed by atoms with Crippen LogP contribution in [0.3, 0.4) is 0 Å². The van der Waals surface area contributed by atoms with E-state index in [-0.39, 0.29) is 47.7 Å². The zero-order chi connectivity index (χ0) is 25.5. The number of aromatic nitrogens is 1. The molecule has 2 aliphatic heterocycles. The van der Waals surface area contributed by atoms with E-state index >= 15 is 0 Å². The lowest BCUT2D eigenvalue weighted by molar-refractivity contribution is 0.0448. The van der Waals surface area contributed by atoms with Crippen LogP contribution >= 0.6 is 0 Å². The molecule has 1 amide bonds. The maximum Gasteiger partial charge on any atom is 0.264 e. The van der Waals surface area contributed by atoms with Crippen molar-refractivity contribution in [2.45, 2.75) is 69.8 Å². The quantitative estimate of drug-likeness (QED) is 0.564. The van der Waals surface area contributed by atoms with E-state index in [2.05, 4.69) is 10.2 Å². The Morgan fingerprint density at radius 2 is 1.83 bits per heavy atom. The number of likely N-dealkylation sites (N-methyl/N-ethyl adjacent to an activating group) is 1. The Morgan fingerprint density at radius 3 is 2.43 bits per heavy atom. The first-order valence-corrected chi connectivity index (χ1v) is 14.1. The van der Waals surface area contributed by atoms with Crippen LogP contribution in [0.2, 0.25) is 0 Å². The second-order valence-corrected chi connectivity index (χ2v) is 12.4. The van der Waals surface area contributed by atoms with Crippen LogP contribution in [-0.2, 0) is 10.0 Å². The highest BCUT2D eigenvalue weighted by Crippen LogP contribution is 2.36. The minimum Gasteiger partial charge on any atom is -0.390 e. The molecule has 4 rings (SSSR count). The van der Waals surface area contributed by atoms with Gasteiger partial charge in [0.2, 0.25) is 10.0 Å². The van der Waals surface area contributed by atoms with Crippen LogP contribution in [0.4, 0.5) is 0 Å². The SMILES string of the molecule is CC(C)n1c(=O)c(C(=O)NC2CC3CCC(C2)N3CC(O)CN(C)S(C)(=O)=O)cc2ccccc21. The van der Waals surface area contributed by atoms with Gasteiger partial charge in [-0.3, -0.25) is 14.5 Å². The highest BCUT2D eigenvalue weighted by Gasteiger charge is 2.42. The van der Waals surface area contributed by atoms with Crippen LogP contribution in [0.15, 0.2) is 35.1 Å². The zero-order valence-corrected chi connectivity index (χ0v) is 21.7. The standard InChI is InChI=1S/C25H36N4O5S/c1-16(2)29-23-8-6-5-7-17(23)11-22(25(29)32)24(31)26-18-12-19-9-10-20(13-18)28(19)15-21(30)14-27(3)35(4,33)34/h5-8,11,16,18-21,30H,9-10,12-15H2,1-4H3,(H,26,31). The number of nitrogens with one attached hydrogen (secondary N) is 1. The Morgan fingerprint density at radius 1 is 1.20 bits per heavy atom. The van der Waals surface area contributed by atoms with Gasteiger partial charge >= 0.3 is 0 Å². The van der Waals surface area contributed by atoms with Gasteiger partial charge in [0.1, 0.15) is 5.56 Å².